The summed E-state index contributed by atoms with van der Waals surface area (Å²) in [5.74, 6) is -0.0123. The lowest BCUT2D eigenvalue weighted by atomic mass is 10.1. The number of benzene rings is 2. The van der Waals surface area contributed by atoms with Crippen LogP contribution in [0.15, 0.2) is 42.5 Å². The van der Waals surface area contributed by atoms with Crippen molar-refractivity contribution >= 4 is 23.2 Å². The quantitative estimate of drug-likeness (QED) is 0.758. The fraction of sp³-hybridized carbons (Fsp3) is 0.263. The summed E-state index contributed by atoms with van der Waals surface area (Å²) in [5, 5.41) is 15.4. The molecule has 0 bridgehead atoms. The second kappa shape index (κ2) is 8.15. The van der Waals surface area contributed by atoms with E-state index >= 15 is 0 Å². The first kappa shape index (κ1) is 17.5. The lowest BCUT2D eigenvalue weighted by molar-refractivity contribution is -0.116. The molecule has 24 heavy (non-hydrogen) atoms. The van der Waals surface area contributed by atoms with E-state index in [1.807, 2.05) is 19.1 Å². The third-order valence-corrected chi connectivity index (χ3v) is 3.73. The fourth-order valence-corrected chi connectivity index (χ4v) is 2.27. The van der Waals surface area contributed by atoms with Crippen molar-refractivity contribution in [2.45, 2.75) is 33.1 Å². The Hall–Kier alpha value is -2.82. The number of aryl methyl sites for hydroxylation is 2. The molecule has 2 rings (SSSR count). The first-order valence-corrected chi connectivity index (χ1v) is 7.97. The van der Waals surface area contributed by atoms with Crippen molar-refractivity contribution in [1.82, 2.24) is 0 Å². The molecule has 0 aliphatic heterocycles. The third kappa shape index (κ3) is 4.84. The highest BCUT2D eigenvalue weighted by atomic mass is 16.3. The number of rotatable bonds is 6. The van der Waals surface area contributed by atoms with E-state index in [2.05, 4.69) is 10.6 Å². The molecule has 2 aromatic rings. The van der Waals surface area contributed by atoms with Gasteiger partial charge in [-0.05, 0) is 42.7 Å². The molecule has 5 heteroatoms. The van der Waals surface area contributed by atoms with Crippen LogP contribution >= 0.6 is 0 Å². The number of anilines is 2. The minimum Gasteiger partial charge on any atom is -0.508 e. The summed E-state index contributed by atoms with van der Waals surface area (Å²) in [6.45, 7) is 3.68. The molecule has 2 aromatic carbocycles. The molecule has 0 atom stereocenters. The van der Waals surface area contributed by atoms with Crippen LogP contribution < -0.4 is 10.6 Å². The molecule has 0 saturated heterocycles. The van der Waals surface area contributed by atoms with Crippen LogP contribution in [0.1, 0.15) is 30.9 Å². The Labute approximate surface area is 141 Å². The van der Waals surface area contributed by atoms with Gasteiger partial charge < -0.3 is 15.7 Å². The summed E-state index contributed by atoms with van der Waals surface area (Å²) in [4.78, 5) is 23.6. The van der Waals surface area contributed by atoms with Crippen molar-refractivity contribution in [2.24, 2.45) is 0 Å². The first-order chi connectivity index (χ1) is 11.5. The van der Waals surface area contributed by atoms with Gasteiger partial charge in [-0.1, -0.05) is 31.2 Å². The number of nitrogens with one attached hydrogen (secondary N) is 2. The van der Waals surface area contributed by atoms with Crippen molar-refractivity contribution < 1.29 is 14.7 Å². The van der Waals surface area contributed by atoms with Crippen LogP contribution in [0.4, 0.5) is 11.4 Å². The summed E-state index contributed by atoms with van der Waals surface area (Å²) < 4.78 is 0. The number of carbonyl (C=O) groups excluding carboxylic acids is 2. The maximum Gasteiger partial charge on any atom is 0.224 e. The Balaban J connectivity index is 1.99. The van der Waals surface area contributed by atoms with Crippen LogP contribution in [0.2, 0.25) is 0 Å². The zero-order valence-corrected chi connectivity index (χ0v) is 13.9. The molecule has 0 spiro atoms. The lowest BCUT2D eigenvalue weighted by Crippen LogP contribution is -2.14. The number of para-hydroxylation sites is 1. The standard InChI is InChI=1S/C19H22N2O3/c1-3-18(23)20-15-10-8-13(2)16(12-15)21-19(24)11-9-14-6-4-5-7-17(14)22/h4-8,10,12,22H,3,9,11H2,1-2H3,(H,20,23)(H,21,24). The van der Waals surface area contributed by atoms with E-state index in [4.69, 9.17) is 0 Å². The van der Waals surface area contributed by atoms with E-state index in [1.54, 1.807) is 37.3 Å². The van der Waals surface area contributed by atoms with Crippen molar-refractivity contribution in [3.8, 4) is 5.75 Å². The van der Waals surface area contributed by atoms with Crippen molar-refractivity contribution in [3.05, 3.63) is 53.6 Å². The second-order valence-corrected chi connectivity index (χ2v) is 5.61. The zero-order chi connectivity index (χ0) is 17.5. The number of hydrogen-bond acceptors (Lipinski definition) is 3. The highest BCUT2D eigenvalue weighted by Gasteiger charge is 2.09. The largest absolute Gasteiger partial charge is 0.508 e. The maximum absolute atomic E-state index is 12.2. The van der Waals surface area contributed by atoms with E-state index in [9.17, 15) is 14.7 Å². The number of aromatic hydroxyl groups is 1. The topological polar surface area (TPSA) is 78.4 Å². The zero-order valence-electron chi connectivity index (χ0n) is 13.9. The number of carbonyl (C=O) groups is 2. The van der Waals surface area contributed by atoms with E-state index in [0.717, 1.165) is 11.1 Å². The molecule has 0 saturated carbocycles. The van der Waals surface area contributed by atoms with Crippen molar-refractivity contribution in [2.75, 3.05) is 10.6 Å². The van der Waals surface area contributed by atoms with Gasteiger partial charge in [0.25, 0.3) is 0 Å². The summed E-state index contributed by atoms with van der Waals surface area (Å²) in [6.07, 6.45) is 1.13. The molecule has 0 aliphatic carbocycles. The van der Waals surface area contributed by atoms with E-state index in [0.29, 0.717) is 24.2 Å². The van der Waals surface area contributed by atoms with E-state index in [-0.39, 0.29) is 24.0 Å². The second-order valence-electron chi connectivity index (χ2n) is 5.61. The summed E-state index contributed by atoms with van der Waals surface area (Å²) in [7, 11) is 0. The molecule has 126 valence electrons. The molecule has 3 N–H and O–H groups in total. The normalized spacial score (nSPS) is 10.2. The van der Waals surface area contributed by atoms with Crippen LogP contribution in [0.25, 0.3) is 0 Å². The third-order valence-electron chi connectivity index (χ3n) is 3.73. The predicted octanol–water partition coefficient (Wildman–Crippen LogP) is 3.62. The SMILES string of the molecule is CCC(=O)Nc1ccc(C)c(NC(=O)CCc2ccccc2O)c1. The Morgan fingerprint density at radius 3 is 2.50 bits per heavy atom. The molecule has 2 amide bonds. The van der Waals surface area contributed by atoms with Crippen molar-refractivity contribution in [3.63, 3.8) is 0 Å². The van der Waals surface area contributed by atoms with E-state index < -0.39 is 0 Å². The number of phenolic OH excluding ortho intramolecular Hbond substituents is 1. The Morgan fingerprint density at radius 2 is 1.79 bits per heavy atom. The fourth-order valence-electron chi connectivity index (χ4n) is 2.27. The summed E-state index contributed by atoms with van der Waals surface area (Å²) in [5.41, 5.74) is 2.99. The van der Waals surface area contributed by atoms with Crippen LogP contribution in [0, 0.1) is 6.92 Å². The van der Waals surface area contributed by atoms with Gasteiger partial charge in [0.1, 0.15) is 5.75 Å². The smallest absolute Gasteiger partial charge is 0.224 e. The predicted molar refractivity (Wildman–Crippen MR) is 95.2 cm³/mol. The molecule has 0 radical (unpaired) electrons. The van der Waals surface area contributed by atoms with E-state index in [1.165, 1.54) is 0 Å². The van der Waals surface area contributed by atoms with Gasteiger partial charge in [-0.25, -0.2) is 0 Å². The molecule has 0 fully saturated rings. The minimum absolute atomic E-state index is 0.0734. The lowest BCUT2D eigenvalue weighted by Gasteiger charge is -2.11. The molecule has 0 heterocycles. The monoisotopic (exact) mass is 326 g/mol. The minimum atomic E-state index is -0.139. The van der Waals surface area contributed by atoms with Crippen LogP contribution in [0.5, 0.6) is 5.75 Å². The number of phenols is 1. The highest BCUT2D eigenvalue weighted by molar-refractivity contribution is 5.94. The molecule has 5 nitrogen and oxygen atoms in total. The number of amides is 2. The average molecular weight is 326 g/mol. The molecule has 0 unspecified atom stereocenters. The van der Waals surface area contributed by atoms with Crippen LogP contribution in [-0.2, 0) is 16.0 Å². The van der Waals surface area contributed by atoms with Crippen LogP contribution in [0.3, 0.4) is 0 Å². The van der Waals surface area contributed by atoms with Crippen molar-refractivity contribution in [1.29, 1.82) is 0 Å². The van der Waals surface area contributed by atoms with Gasteiger partial charge in [0.2, 0.25) is 11.8 Å². The van der Waals surface area contributed by atoms with Gasteiger partial charge in [-0.15, -0.1) is 0 Å². The summed E-state index contributed by atoms with van der Waals surface area (Å²) in [6, 6.07) is 12.4. The molecular formula is C19H22N2O3. The first-order valence-electron chi connectivity index (χ1n) is 7.97. The average Bonchev–Trinajstić information content (AvgIpc) is 2.57. The van der Waals surface area contributed by atoms with Crippen LogP contribution in [-0.4, -0.2) is 16.9 Å². The van der Waals surface area contributed by atoms with Gasteiger partial charge in [0.15, 0.2) is 0 Å². The van der Waals surface area contributed by atoms with Gasteiger partial charge >= 0.3 is 0 Å². The highest BCUT2D eigenvalue weighted by Crippen LogP contribution is 2.22. The van der Waals surface area contributed by atoms with Gasteiger partial charge in [0.05, 0.1) is 0 Å². The maximum atomic E-state index is 12.2. The van der Waals surface area contributed by atoms with Gasteiger partial charge in [-0.3, -0.25) is 9.59 Å². The summed E-state index contributed by atoms with van der Waals surface area (Å²) >= 11 is 0. The Morgan fingerprint density at radius 1 is 1.04 bits per heavy atom. The Bertz CT molecular complexity index is 741. The van der Waals surface area contributed by atoms with Gasteiger partial charge in [-0.2, -0.15) is 0 Å². The van der Waals surface area contributed by atoms with Gasteiger partial charge in [0, 0.05) is 24.2 Å². The molecular weight excluding hydrogens is 304 g/mol. The molecule has 0 aliphatic rings. The molecule has 0 aromatic heterocycles. The number of hydrogen-bond donors (Lipinski definition) is 3. The Kier molecular flexibility index (Phi) is 5.95.